The van der Waals surface area contributed by atoms with Crippen molar-refractivity contribution in [3.63, 3.8) is 0 Å². The summed E-state index contributed by atoms with van der Waals surface area (Å²) in [5.41, 5.74) is 1.34. The predicted molar refractivity (Wildman–Crippen MR) is 86.8 cm³/mol. The van der Waals surface area contributed by atoms with Crippen molar-refractivity contribution in [2.75, 3.05) is 6.54 Å². The summed E-state index contributed by atoms with van der Waals surface area (Å²) in [4.78, 5) is 0. The van der Waals surface area contributed by atoms with Crippen LogP contribution in [0.5, 0.6) is 0 Å². The van der Waals surface area contributed by atoms with E-state index in [2.05, 4.69) is 46.4 Å². The molecule has 0 saturated heterocycles. The van der Waals surface area contributed by atoms with Crippen molar-refractivity contribution < 1.29 is 0 Å². The van der Waals surface area contributed by atoms with E-state index >= 15 is 0 Å². The Labute approximate surface area is 130 Å². The molecule has 1 atom stereocenters. The summed E-state index contributed by atoms with van der Waals surface area (Å²) < 4.78 is 0.982. The number of hydrogen-bond donors (Lipinski definition) is 1. The predicted octanol–water partition coefficient (Wildman–Crippen LogP) is 5.72. The lowest BCUT2D eigenvalue weighted by Crippen LogP contribution is -2.30. The Kier molecular flexibility index (Phi) is 6.18. The number of nitrogens with one attached hydrogen (secondary N) is 1. The fourth-order valence-electron chi connectivity index (χ4n) is 3.03. The minimum absolute atomic E-state index is 0.464. The highest BCUT2D eigenvalue weighted by atomic mass is 79.9. The Morgan fingerprint density at radius 1 is 1.32 bits per heavy atom. The Balaban J connectivity index is 2.17. The van der Waals surface area contributed by atoms with E-state index in [9.17, 15) is 0 Å². The van der Waals surface area contributed by atoms with Crippen LogP contribution in [-0.2, 0) is 0 Å². The second-order valence-electron chi connectivity index (χ2n) is 5.50. The average Bonchev–Trinajstić information content (AvgIpc) is 2.44. The van der Waals surface area contributed by atoms with Crippen LogP contribution >= 0.6 is 27.5 Å². The maximum atomic E-state index is 6.26. The van der Waals surface area contributed by atoms with Crippen LogP contribution in [0.4, 0.5) is 0 Å². The minimum Gasteiger partial charge on any atom is -0.310 e. The first-order valence-electron chi connectivity index (χ1n) is 7.40. The standard InChI is InChI=1S/C16H23BrClN/c1-2-10-19-16(12-6-4-3-5-7-12)13-8-9-14(17)15(18)11-13/h8-9,11-12,16,19H,2-7,10H2,1H3. The van der Waals surface area contributed by atoms with E-state index < -0.39 is 0 Å². The van der Waals surface area contributed by atoms with E-state index in [-0.39, 0.29) is 0 Å². The highest BCUT2D eigenvalue weighted by Gasteiger charge is 2.24. The normalized spacial score (nSPS) is 18.5. The van der Waals surface area contributed by atoms with Gasteiger partial charge in [-0.2, -0.15) is 0 Å². The zero-order chi connectivity index (χ0) is 13.7. The molecule has 1 N–H and O–H groups in total. The second-order valence-corrected chi connectivity index (χ2v) is 6.76. The van der Waals surface area contributed by atoms with Gasteiger partial charge in [0, 0.05) is 10.5 Å². The maximum absolute atomic E-state index is 6.26. The molecule has 1 aromatic carbocycles. The molecule has 1 unspecified atom stereocenters. The van der Waals surface area contributed by atoms with Gasteiger partial charge in [-0.15, -0.1) is 0 Å². The van der Waals surface area contributed by atoms with Gasteiger partial charge in [0.25, 0.3) is 0 Å². The van der Waals surface area contributed by atoms with Crippen LogP contribution in [0.3, 0.4) is 0 Å². The van der Waals surface area contributed by atoms with Gasteiger partial charge in [0.05, 0.1) is 5.02 Å². The molecule has 0 amide bonds. The molecule has 0 aromatic heterocycles. The van der Waals surface area contributed by atoms with Crippen molar-refractivity contribution in [2.24, 2.45) is 5.92 Å². The lowest BCUT2D eigenvalue weighted by atomic mass is 9.81. The first kappa shape index (κ1) is 15.3. The van der Waals surface area contributed by atoms with E-state index in [0.29, 0.717) is 6.04 Å². The molecule has 0 spiro atoms. The van der Waals surface area contributed by atoms with Gasteiger partial charge in [0.2, 0.25) is 0 Å². The summed E-state index contributed by atoms with van der Waals surface area (Å²) >= 11 is 9.73. The van der Waals surface area contributed by atoms with Crippen LogP contribution < -0.4 is 5.32 Å². The van der Waals surface area contributed by atoms with Crippen LogP contribution in [0, 0.1) is 5.92 Å². The molecule has 1 saturated carbocycles. The topological polar surface area (TPSA) is 12.0 Å². The van der Waals surface area contributed by atoms with Crippen molar-refractivity contribution in [2.45, 2.75) is 51.5 Å². The summed E-state index contributed by atoms with van der Waals surface area (Å²) in [6.07, 6.45) is 8.01. The number of halogens is 2. The van der Waals surface area contributed by atoms with Gasteiger partial charge < -0.3 is 5.32 Å². The monoisotopic (exact) mass is 343 g/mol. The minimum atomic E-state index is 0.464. The summed E-state index contributed by atoms with van der Waals surface area (Å²) in [6, 6.07) is 6.86. The Morgan fingerprint density at radius 2 is 2.05 bits per heavy atom. The number of benzene rings is 1. The van der Waals surface area contributed by atoms with Gasteiger partial charge in [0.1, 0.15) is 0 Å². The summed E-state index contributed by atoms with van der Waals surface area (Å²) in [7, 11) is 0. The first-order chi connectivity index (χ1) is 9.22. The van der Waals surface area contributed by atoms with E-state index in [0.717, 1.165) is 22.0 Å². The van der Waals surface area contributed by atoms with Crippen molar-refractivity contribution in [3.8, 4) is 0 Å². The zero-order valence-electron chi connectivity index (χ0n) is 11.6. The molecule has 1 aliphatic carbocycles. The van der Waals surface area contributed by atoms with E-state index in [1.54, 1.807) is 0 Å². The highest BCUT2D eigenvalue weighted by Crippen LogP contribution is 2.36. The molecule has 1 fully saturated rings. The smallest absolute Gasteiger partial charge is 0.0551 e. The van der Waals surface area contributed by atoms with Gasteiger partial charge in [-0.3, -0.25) is 0 Å². The molecular weight excluding hydrogens is 322 g/mol. The van der Waals surface area contributed by atoms with E-state index in [1.165, 1.54) is 44.1 Å². The number of hydrogen-bond acceptors (Lipinski definition) is 1. The molecule has 0 radical (unpaired) electrons. The van der Waals surface area contributed by atoms with Crippen molar-refractivity contribution in [1.82, 2.24) is 5.32 Å². The molecule has 106 valence electrons. The molecule has 19 heavy (non-hydrogen) atoms. The lowest BCUT2D eigenvalue weighted by Gasteiger charge is -2.31. The largest absolute Gasteiger partial charge is 0.310 e. The third kappa shape index (κ3) is 4.21. The molecule has 3 heteroatoms. The Bertz CT molecular complexity index is 402. The second kappa shape index (κ2) is 7.66. The molecule has 1 aliphatic rings. The van der Waals surface area contributed by atoms with Crippen LogP contribution in [-0.4, -0.2) is 6.54 Å². The summed E-state index contributed by atoms with van der Waals surface area (Å²) in [6.45, 7) is 3.30. The van der Waals surface area contributed by atoms with Crippen LogP contribution in [0.2, 0.25) is 5.02 Å². The quantitative estimate of drug-likeness (QED) is 0.720. The van der Waals surface area contributed by atoms with Crippen LogP contribution in [0.15, 0.2) is 22.7 Å². The molecule has 2 rings (SSSR count). The van der Waals surface area contributed by atoms with E-state index in [4.69, 9.17) is 11.6 Å². The molecule has 0 bridgehead atoms. The molecule has 1 aromatic rings. The molecular formula is C16H23BrClN. The SMILES string of the molecule is CCCNC(c1ccc(Br)c(Cl)c1)C1CCCCC1. The number of rotatable bonds is 5. The van der Waals surface area contributed by atoms with Gasteiger partial charge in [0.15, 0.2) is 0 Å². The molecule has 1 nitrogen and oxygen atoms in total. The third-order valence-electron chi connectivity index (χ3n) is 4.04. The van der Waals surface area contributed by atoms with Crippen molar-refractivity contribution in [1.29, 1.82) is 0 Å². The van der Waals surface area contributed by atoms with E-state index in [1.807, 2.05) is 0 Å². The Morgan fingerprint density at radius 3 is 2.68 bits per heavy atom. The molecule has 0 aliphatic heterocycles. The maximum Gasteiger partial charge on any atom is 0.0551 e. The van der Waals surface area contributed by atoms with Gasteiger partial charge in [-0.1, -0.05) is 43.9 Å². The third-order valence-corrected chi connectivity index (χ3v) is 5.27. The summed E-state index contributed by atoms with van der Waals surface area (Å²) in [5.74, 6) is 0.762. The van der Waals surface area contributed by atoms with Crippen LogP contribution in [0.25, 0.3) is 0 Å². The molecule has 0 heterocycles. The van der Waals surface area contributed by atoms with Crippen molar-refractivity contribution in [3.05, 3.63) is 33.3 Å². The van der Waals surface area contributed by atoms with Crippen LogP contribution in [0.1, 0.15) is 57.1 Å². The lowest BCUT2D eigenvalue weighted by molar-refractivity contribution is 0.272. The fourth-order valence-corrected chi connectivity index (χ4v) is 3.47. The Hall–Kier alpha value is -0.0500. The first-order valence-corrected chi connectivity index (χ1v) is 8.57. The average molecular weight is 345 g/mol. The highest BCUT2D eigenvalue weighted by molar-refractivity contribution is 9.10. The van der Waals surface area contributed by atoms with Crippen molar-refractivity contribution >= 4 is 27.5 Å². The van der Waals surface area contributed by atoms with Gasteiger partial charge in [-0.05, 0) is 65.4 Å². The van der Waals surface area contributed by atoms with Gasteiger partial charge in [-0.25, -0.2) is 0 Å². The van der Waals surface area contributed by atoms with Gasteiger partial charge >= 0.3 is 0 Å². The fraction of sp³-hybridized carbons (Fsp3) is 0.625. The summed E-state index contributed by atoms with van der Waals surface area (Å²) in [5, 5.41) is 4.54. The zero-order valence-corrected chi connectivity index (χ0v) is 13.9.